The van der Waals surface area contributed by atoms with E-state index >= 15 is 0 Å². The molecule has 170 valence electrons. The lowest BCUT2D eigenvalue weighted by Crippen LogP contribution is -2.48. The van der Waals surface area contributed by atoms with Gasteiger partial charge in [-0.25, -0.2) is 8.78 Å². The number of likely N-dealkylation sites (tertiary alicyclic amines) is 1. The number of halogens is 2. The standard InChI is InChI=1S/C24H27F2N3O3/c1-17(30)27-13-9-20-19(14-27)15-28(12-8-18-6-3-2-4-7-18)22(31)21(20)23(32)29-11-5-10-24(25,26)16-29/h2-4,6-7,15H,5,8-14,16H2,1H3. The zero-order valence-corrected chi connectivity index (χ0v) is 18.2. The molecule has 2 aromatic rings. The van der Waals surface area contributed by atoms with Crippen LogP contribution in [-0.2, 0) is 30.7 Å². The second-order valence-corrected chi connectivity index (χ2v) is 8.62. The van der Waals surface area contributed by atoms with Gasteiger partial charge in [0.2, 0.25) is 5.91 Å². The molecule has 2 amide bonds. The van der Waals surface area contributed by atoms with Gasteiger partial charge in [0, 0.05) is 45.7 Å². The maximum Gasteiger partial charge on any atom is 0.265 e. The number of aromatic nitrogens is 1. The van der Waals surface area contributed by atoms with Crippen molar-refractivity contribution in [3.63, 3.8) is 0 Å². The number of fused-ring (bicyclic) bond motifs is 1. The van der Waals surface area contributed by atoms with Gasteiger partial charge in [-0.3, -0.25) is 14.4 Å². The Kier molecular flexibility index (Phi) is 6.13. The number of pyridine rings is 1. The Hall–Kier alpha value is -3.03. The molecule has 0 aliphatic carbocycles. The molecule has 2 aliphatic heterocycles. The van der Waals surface area contributed by atoms with Gasteiger partial charge < -0.3 is 14.4 Å². The van der Waals surface area contributed by atoms with Crippen molar-refractivity contribution in [3.05, 3.63) is 69.1 Å². The van der Waals surface area contributed by atoms with Crippen molar-refractivity contribution >= 4 is 11.8 Å². The van der Waals surface area contributed by atoms with Gasteiger partial charge in [0.25, 0.3) is 17.4 Å². The lowest BCUT2D eigenvalue weighted by Gasteiger charge is -2.34. The van der Waals surface area contributed by atoms with Gasteiger partial charge in [-0.05, 0) is 36.0 Å². The molecule has 0 unspecified atom stereocenters. The lowest BCUT2D eigenvalue weighted by atomic mass is 9.95. The zero-order chi connectivity index (χ0) is 22.9. The van der Waals surface area contributed by atoms with Crippen molar-refractivity contribution in [3.8, 4) is 0 Å². The summed E-state index contributed by atoms with van der Waals surface area (Å²) >= 11 is 0. The van der Waals surface area contributed by atoms with Gasteiger partial charge in [0.05, 0.1) is 6.54 Å². The van der Waals surface area contributed by atoms with Crippen LogP contribution >= 0.6 is 0 Å². The van der Waals surface area contributed by atoms with Crippen molar-refractivity contribution < 1.29 is 18.4 Å². The molecule has 1 saturated heterocycles. The summed E-state index contributed by atoms with van der Waals surface area (Å²) in [4.78, 5) is 41.4. The quantitative estimate of drug-likeness (QED) is 0.730. The van der Waals surface area contributed by atoms with Crippen LogP contribution in [0.2, 0.25) is 0 Å². The first-order chi connectivity index (χ1) is 15.2. The average molecular weight is 443 g/mol. The number of benzene rings is 1. The van der Waals surface area contributed by atoms with Gasteiger partial charge in [0.1, 0.15) is 5.56 Å². The lowest BCUT2D eigenvalue weighted by molar-refractivity contribution is -0.129. The third-order valence-corrected chi connectivity index (χ3v) is 6.29. The minimum Gasteiger partial charge on any atom is -0.338 e. The Bertz CT molecular complexity index is 1080. The minimum atomic E-state index is -2.94. The Balaban J connectivity index is 1.72. The summed E-state index contributed by atoms with van der Waals surface area (Å²) in [5, 5.41) is 0. The van der Waals surface area contributed by atoms with E-state index in [2.05, 4.69) is 0 Å². The molecule has 0 atom stereocenters. The van der Waals surface area contributed by atoms with E-state index in [0.29, 0.717) is 38.0 Å². The van der Waals surface area contributed by atoms with E-state index in [-0.39, 0.29) is 30.9 Å². The third kappa shape index (κ3) is 4.59. The van der Waals surface area contributed by atoms with Crippen LogP contribution in [0.25, 0.3) is 0 Å². The smallest absolute Gasteiger partial charge is 0.265 e. The van der Waals surface area contributed by atoms with Gasteiger partial charge in [0.15, 0.2) is 0 Å². The number of nitrogens with zero attached hydrogens (tertiary/aromatic N) is 3. The molecule has 1 aromatic heterocycles. The van der Waals surface area contributed by atoms with E-state index in [1.54, 1.807) is 11.1 Å². The van der Waals surface area contributed by atoms with Gasteiger partial charge in [-0.2, -0.15) is 0 Å². The van der Waals surface area contributed by atoms with Gasteiger partial charge >= 0.3 is 0 Å². The van der Waals surface area contributed by atoms with Crippen LogP contribution in [0.4, 0.5) is 8.78 Å². The maximum atomic E-state index is 14.0. The molecule has 0 spiro atoms. The number of amides is 2. The van der Waals surface area contributed by atoms with E-state index in [9.17, 15) is 23.2 Å². The number of aryl methyl sites for hydroxylation is 2. The number of hydrogen-bond donors (Lipinski definition) is 0. The van der Waals surface area contributed by atoms with Crippen LogP contribution in [0.5, 0.6) is 0 Å². The second kappa shape index (κ2) is 8.84. The summed E-state index contributed by atoms with van der Waals surface area (Å²) in [5.41, 5.74) is 1.89. The highest BCUT2D eigenvalue weighted by Gasteiger charge is 2.39. The van der Waals surface area contributed by atoms with E-state index in [0.717, 1.165) is 16.0 Å². The topological polar surface area (TPSA) is 62.6 Å². The van der Waals surface area contributed by atoms with E-state index in [1.807, 2.05) is 30.3 Å². The molecule has 6 nitrogen and oxygen atoms in total. The first kappa shape index (κ1) is 22.2. The van der Waals surface area contributed by atoms with Gasteiger partial charge in [-0.1, -0.05) is 30.3 Å². The second-order valence-electron chi connectivity index (χ2n) is 8.62. The van der Waals surface area contributed by atoms with E-state index < -0.39 is 23.9 Å². The molecule has 0 bridgehead atoms. The van der Waals surface area contributed by atoms with Crippen molar-refractivity contribution in [1.82, 2.24) is 14.4 Å². The Morgan fingerprint density at radius 1 is 1.09 bits per heavy atom. The van der Waals surface area contributed by atoms with Crippen molar-refractivity contribution in [2.75, 3.05) is 19.6 Å². The summed E-state index contributed by atoms with van der Waals surface area (Å²) in [6.07, 6.45) is 2.62. The third-order valence-electron chi connectivity index (χ3n) is 6.29. The molecule has 1 aromatic carbocycles. The number of carbonyl (C=O) groups is 2. The van der Waals surface area contributed by atoms with Crippen molar-refractivity contribution in [2.24, 2.45) is 0 Å². The number of hydrogen-bond acceptors (Lipinski definition) is 3. The molecular formula is C24H27F2N3O3. The molecule has 0 radical (unpaired) electrons. The van der Waals surface area contributed by atoms with Crippen LogP contribution in [-0.4, -0.2) is 51.7 Å². The van der Waals surface area contributed by atoms with Crippen molar-refractivity contribution in [1.29, 1.82) is 0 Å². The van der Waals surface area contributed by atoms with Crippen LogP contribution < -0.4 is 5.56 Å². The molecule has 0 saturated carbocycles. The fourth-order valence-electron chi connectivity index (χ4n) is 4.56. The summed E-state index contributed by atoms with van der Waals surface area (Å²) < 4.78 is 29.4. The van der Waals surface area contributed by atoms with Crippen LogP contribution in [0, 0.1) is 0 Å². The Labute approximate surface area is 185 Å². The molecule has 32 heavy (non-hydrogen) atoms. The summed E-state index contributed by atoms with van der Waals surface area (Å²) in [6, 6.07) is 9.67. The normalized spacial score (nSPS) is 17.7. The van der Waals surface area contributed by atoms with Crippen LogP contribution in [0.15, 0.2) is 41.3 Å². The van der Waals surface area contributed by atoms with Crippen LogP contribution in [0.1, 0.15) is 46.8 Å². The Morgan fingerprint density at radius 3 is 2.53 bits per heavy atom. The van der Waals surface area contributed by atoms with E-state index in [1.165, 1.54) is 11.5 Å². The van der Waals surface area contributed by atoms with Gasteiger partial charge in [-0.15, -0.1) is 0 Å². The summed E-state index contributed by atoms with van der Waals surface area (Å²) in [7, 11) is 0. The van der Waals surface area contributed by atoms with E-state index in [4.69, 9.17) is 0 Å². The molecule has 4 rings (SSSR count). The first-order valence-electron chi connectivity index (χ1n) is 11.0. The van der Waals surface area contributed by atoms with Crippen LogP contribution in [0.3, 0.4) is 0 Å². The number of rotatable bonds is 4. The molecule has 1 fully saturated rings. The average Bonchev–Trinajstić information content (AvgIpc) is 2.77. The molecule has 2 aliphatic rings. The highest BCUT2D eigenvalue weighted by molar-refractivity contribution is 5.96. The monoisotopic (exact) mass is 443 g/mol. The predicted octanol–water partition coefficient (Wildman–Crippen LogP) is 2.87. The zero-order valence-electron chi connectivity index (χ0n) is 18.2. The number of alkyl halides is 2. The SMILES string of the molecule is CC(=O)N1CCc2c(cn(CCc3ccccc3)c(=O)c2C(=O)N2CCCC(F)(F)C2)C1. The molecule has 3 heterocycles. The fourth-order valence-corrected chi connectivity index (χ4v) is 4.56. The molecule has 0 N–H and O–H groups in total. The first-order valence-corrected chi connectivity index (χ1v) is 11.0. The summed E-state index contributed by atoms with van der Waals surface area (Å²) in [5.74, 6) is -3.65. The number of piperidine rings is 1. The fraction of sp³-hybridized carbons (Fsp3) is 0.458. The number of carbonyl (C=O) groups excluding carboxylic acids is 2. The minimum absolute atomic E-state index is 0.0172. The highest BCUT2D eigenvalue weighted by atomic mass is 19.3. The molecule has 8 heteroatoms. The highest BCUT2D eigenvalue weighted by Crippen LogP contribution is 2.29. The largest absolute Gasteiger partial charge is 0.338 e. The maximum absolute atomic E-state index is 14.0. The summed E-state index contributed by atoms with van der Waals surface area (Å²) in [6.45, 7) is 2.07. The Morgan fingerprint density at radius 2 is 1.84 bits per heavy atom. The van der Waals surface area contributed by atoms with Crippen molar-refractivity contribution in [2.45, 2.75) is 51.6 Å². The molecular weight excluding hydrogens is 416 g/mol. The predicted molar refractivity (Wildman–Crippen MR) is 116 cm³/mol.